The van der Waals surface area contributed by atoms with Gasteiger partial charge in [-0.2, -0.15) is 13.4 Å². The van der Waals surface area contributed by atoms with Crippen LogP contribution in [0.1, 0.15) is 5.56 Å². The molecule has 4 rings (SSSR count). The van der Waals surface area contributed by atoms with Crippen molar-refractivity contribution in [2.24, 2.45) is 0 Å². The number of nitrogens with zero attached hydrogens (tertiary/aromatic N) is 3. The summed E-state index contributed by atoms with van der Waals surface area (Å²) in [5.74, 6) is -8.49. The smallest absolute Gasteiger partial charge is 0.305 e. The number of rotatable bonds is 9. The molecule has 0 saturated carbocycles. The summed E-state index contributed by atoms with van der Waals surface area (Å²) in [6.45, 7) is 0. The molecule has 0 bridgehead atoms. The molecule has 1 aromatic carbocycles. The predicted molar refractivity (Wildman–Crippen MR) is 136 cm³/mol. The minimum Gasteiger partial charge on any atom is -0.503 e. The van der Waals surface area contributed by atoms with Crippen LogP contribution in [0.5, 0.6) is 40.5 Å². The van der Waals surface area contributed by atoms with Crippen LogP contribution in [0.25, 0.3) is 11.4 Å². The fourth-order valence-corrected chi connectivity index (χ4v) is 4.29. The second-order valence-electron chi connectivity index (χ2n) is 7.99. The first-order chi connectivity index (χ1) is 19.3. The molecule has 216 valence electrons. The molecule has 0 fully saturated rings. The topological polar surface area (TPSA) is 267 Å². The lowest BCUT2D eigenvalue weighted by Gasteiger charge is -2.18. The Morgan fingerprint density at radius 2 is 1.61 bits per heavy atom. The number of pyridine rings is 2. The monoisotopic (exact) mass is 591 g/mol. The first-order valence-electron chi connectivity index (χ1n) is 11.1. The Bertz CT molecular complexity index is 1770. The van der Waals surface area contributed by atoms with Crippen LogP contribution in [0.15, 0.2) is 52.4 Å². The summed E-state index contributed by atoms with van der Waals surface area (Å²) in [5.41, 5.74) is -2.55. The van der Waals surface area contributed by atoms with Crippen LogP contribution in [0.2, 0.25) is 0 Å². The van der Waals surface area contributed by atoms with E-state index in [4.69, 9.17) is 14.2 Å². The lowest BCUT2D eigenvalue weighted by atomic mass is 10.2. The van der Waals surface area contributed by atoms with Gasteiger partial charge in [-0.15, -0.1) is 0 Å². The Morgan fingerprint density at radius 1 is 0.927 bits per heavy atom. The normalized spacial score (nSPS) is 11.6. The second-order valence-corrected chi connectivity index (χ2v) is 9.62. The molecule has 0 atom stereocenters. The molecular weight excluding hydrogens is 570 g/mol. The number of hydrogen-bond acceptors (Lipinski definition) is 15. The maximum absolute atomic E-state index is 13.2. The van der Waals surface area contributed by atoms with Crippen molar-refractivity contribution in [2.45, 2.75) is 11.0 Å². The molecule has 0 amide bonds. The van der Waals surface area contributed by atoms with Gasteiger partial charge in [-0.25, -0.2) is 9.97 Å². The third-order valence-corrected chi connectivity index (χ3v) is 6.56. The number of H-pyrrole nitrogens is 1. The van der Waals surface area contributed by atoms with Crippen molar-refractivity contribution in [3.63, 3.8) is 0 Å². The summed E-state index contributed by atoms with van der Waals surface area (Å²) < 4.78 is 44.9. The number of ether oxygens (including phenoxy) is 3. The lowest BCUT2D eigenvalue weighted by molar-refractivity contribution is -0.324. The minimum atomic E-state index is -4.67. The Balaban J connectivity index is 1.93. The van der Waals surface area contributed by atoms with Gasteiger partial charge in [-0.1, -0.05) is 12.1 Å². The average molecular weight is 592 g/mol. The molecule has 0 radical (unpaired) electrons. The summed E-state index contributed by atoms with van der Waals surface area (Å²) in [6.07, 6.45) is 0.682. The van der Waals surface area contributed by atoms with Gasteiger partial charge >= 0.3 is 5.97 Å². The van der Waals surface area contributed by atoms with Gasteiger partial charge in [-0.3, -0.25) is 14.5 Å². The first-order valence-corrected chi connectivity index (χ1v) is 12.6. The van der Waals surface area contributed by atoms with Crippen molar-refractivity contribution in [1.29, 1.82) is 0 Å². The van der Waals surface area contributed by atoms with Crippen LogP contribution in [-0.4, -0.2) is 73.2 Å². The van der Waals surface area contributed by atoms with Gasteiger partial charge in [0.1, 0.15) is 5.56 Å². The highest BCUT2D eigenvalue weighted by molar-refractivity contribution is 7.92. The number of sulfonamides is 1. The van der Waals surface area contributed by atoms with Gasteiger partial charge in [0.2, 0.25) is 11.6 Å². The van der Waals surface area contributed by atoms with E-state index in [1.165, 1.54) is 19.2 Å². The van der Waals surface area contributed by atoms with E-state index in [2.05, 4.69) is 19.7 Å². The summed E-state index contributed by atoms with van der Waals surface area (Å²) in [7, 11) is -2.20. The molecular formula is C23H21N5O12S. The molecule has 4 aromatic rings. The molecule has 3 heterocycles. The lowest BCUT2D eigenvalue weighted by Crippen LogP contribution is -2.24. The van der Waals surface area contributed by atoms with E-state index in [-0.39, 0.29) is 11.5 Å². The molecule has 0 aliphatic heterocycles. The fourth-order valence-electron chi connectivity index (χ4n) is 3.35. The van der Waals surface area contributed by atoms with Crippen molar-refractivity contribution < 1.29 is 53.3 Å². The number of nitrogens with one attached hydrogen (secondary N) is 2. The Labute approximate surface area is 229 Å². The van der Waals surface area contributed by atoms with Gasteiger partial charge in [0.15, 0.2) is 39.7 Å². The number of anilines is 1. The maximum Gasteiger partial charge on any atom is 0.305 e. The summed E-state index contributed by atoms with van der Waals surface area (Å²) >= 11 is 0. The number of benzene rings is 1. The highest BCUT2D eigenvalue weighted by atomic mass is 32.2. The molecule has 0 aliphatic rings. The number of aromatic amines is 1. The molecule has 18 heteroatoms. The van der Waals surface area contributed by atoms with Crippen LogP contribution in [0, 0.1) is 0 Å². The molecule has 17 nitrogen and oxygen atoms in total. The third kappa shape index (κ3) is 5.75. The zero-order chi connectivity index (χ0) is 30.1. The van der Waals surface area contributed by atoms with Crippen LogP contribution >= 0.6 is 0 Å². The number of para-hydroxylation sites is 2. The van der Waals surface area contributed by atoms with Crippen molar-refractivity contribution in [1.82, 2.24) is 19.9 Å². The highest BCUT2D eigenvalue weighted by Crippen LogP contribution is 2.44. The van der Waals surface area contributed by atoms with Crippen molar-refractivity contribution >= 4 is 15.8 Å². The number of aromatic nitrogens is 4. The zero-order valence-corrected chi connectivity index (χ0v) is 21.7. The molecule has 0 spiro atoms. The van der Waals surface area contributed by atoms with Crippen LogP contribution in [0.3, 0.4) is 0 Å². The van der Waals surface area contributed by atoms with E-state index < -0.39 is 78.4 Å². The van der Waals surface area contributed by atoms with E-state index in [1.54, 1.807) is 17.1 Å². The maximum atomic E-state index is 13.2. The van der Waals surface area contributed by atoms with Gasteiger partial charge in [0, 0.05) is 6.20 Å². The van der Waals surface area contributed by atoms with E-state index in [0.717, 1.165) is 19.2 Å². The first kappa shape index (κ1) is 28.8. The van der Waals surface area contributed by atoms with Crippen LogP contribution in [0.4, 0.5) is 5.82 Å². The number of aliphatic hydroxyl groups is 3. The van der Waals surface area contributed by atoms with Crippen molar-refractivity contribution in [2.75, 3.05) is 18.9 Å². The highest BCUT2D eigenvalue weighted by Gasteiger charge is 2.29. The molecule has 8 N–H and O–H groups in total. The summed E-state index contributed by atoms with van der Waals surface area (Å²) in [5, 5.41) is 57.6. The van der Waals surface area contributed by atoms with Crippen LogP contribution in [-0.2, 0) is 16.0 Å². The molecule has 41 heavy (non-hydrogen) atoms. The summed E-state index contributed by atoms with van der Waals surface area (Å²) in [6, 6.07) is 7.91. The SMILES string of the molecule is COc1ccccc1Oc1c(NS(=O)(=O)c2ccc(C(O)(O)O)cn2)nc(-c2c(O)c(O)[nH]c(=O)c2O)nc1OC. The number of methoxy groups -OCH3 is 2. The van der Waals surface area contributed by atoms with E-state index in [0.29, 0.717) is 6.20 Å². The molecule has 0 aliphatic carbocycles. The number of hydrogen-bond donors (Lipinski definition) is 8. The second kappa shape index (κ2) is 10.8. The van der Waals surface area contributed by atoms with Gasteiger partial charge in [0.25, 0.3) is 21.5 Å². The largest absolute Gasteiger partial charge is 0.503 e. The molecule has 0 saturated heterocycles. The average Bonchev–Trinajstić information content (AvgIpc) is 2.93. The zero-order valence-electron chi connectivity index (χ0n) is 20.9. The Hall–Kier alpha value is -5.17. The van der Waals surface area contributed by atoms with Gasteiger partial charge in [0.05, 0.1) is 19.8 Å². The number of aromatic hydroxyl groups is 3. The quantitative estimate of drug-likeness (QED) is 0.119. The molecule has 0 unspecified atom stereocenters. The van der Waals surface area contributed by atoms with E-state index in [1.807, 2.05) is 0 Å². The third-order valence-electron chi connectivity index (χ3n) is 5.31. The Morgan fingerprint density at radius 3 is 2.20 bits per heavy atom. The minimum absolute atomic E-state index is 0.0530. The van der Waals surface area contributed by atoms with Crippen molar-refractivity contribution in [3.05, 3.63) is 58.5 Å². The Kier molecular flexibility index (Phi) is 7.57. The molecule has 3 aromatic heterocycles. The predicted octanol–water partition coefficient (Wildman–Crippen LogP) is 0.0412. The van der Waals surface area contributed by atoms with Crippen LogP contribution < -0.4 is 24.5 Å². The van der Waals surface area contributed by atoms with E-state index >= 15 is 0 Å². The summed E-state index contributed by atoms with van der Waals surface area (Å²) in [4.78, 5) is 25.4. The van der Waals surface area contributed by atoms with E-state index in [9.17, 15) is 43.9 Å². The standard InChI is InChI=1S/C23H21N5O12S/c1-38-11-5-3-4-6-12(11)40-17-19(28-41(36,37)13-8-7-10(9-24-13)23(33,34)35)25-18(26-22(17)39-2)14-15(29)20(31)27-21(32)16(14)30/h3-9,29-30,33-35H,1-2H3,(H,25,26,28)(H2,27,31,32). The van der Waals surface area contributed by atoms with Gasteiger partial charge < -0.3 is 44.8 Å². The van der Waals surface area contributed by atoms with Gasteiger partial charge in [-0.05, 0) is 24.3 Å². The van der Waals surface area contributed by atoms with Crippen molar-refractivity contribution in [3.8, 4) is 51.9 Å². The fraction of sp³-hybridized carbons (Fsp3) is 0.130.